The molecule has 1 aliphatic heterocycles. The summed E-state index contributed by atoms with van der Waals surface area (Å²) in [5, 5.41) is 0. The molecule has 1 unspecified atom stereocenters. The van der Waals surface area contributed by atoms with Crippen LogP contribution >= 0.6 is 34.2 Å². The van der Waals surface area contributed by atoms with Crippen molar-refractivity contribution in [1.29, 1.82) is 0 Å². The lowest BCUT2D eigenvalue weighted by atomic mass is 10.2. The van der Waals surface area contributed by atoms with Crippen LogP contribution in [0.1, 0.15) is 0 Å². The topological polar surface area (TPSA) is 38.2 Å². The monoisotopic (exact) mass is 339 g/mol. The average Bonchev–Trinajstić information content (AvgIpc) is 2.30. The van der Waals surface area contributed by atoms with E-state index in [4.69, 9.17) is 16.3 Å². The third-order valence-electron chi connectivity index (χ3n) is 2.33. The smallest absolute Gasteiger partial charge is 0.145 e. The molecule has 4 nitrogen and oxygen atoms in total. The van der Waals surface area contributed by atoms with E-state index in [0.29, 0.717) is 12.5 Å². The van der Waals surface area contributed by atoms with Crippen molar-refractivity contribution in [3.63, 3.8) is 0 Å². The van der Waals surface area contributed by atoms with Crippen molar-refractivity contribution < 1.29 is 4.74 Å². The average molecular weight is 340 g/mol. The molecule has 1 atom stereocenters. The fourth-order valence-corrected chi connectivity index (χ4v) is 2.44. The number of hydrogen-bond donors (Lipinski definition) is 0. The summed E-state index contributed by atoms with van der Waals surface area (Å²) in [4.78, 5) is 10.5. The van der Waals surface area contributed by atoms with E-state index in [-0.39, 0.29) is 6.04 Å². The summed E-state index contributed by atoms with van der Waals surface area (Å²) in [6, 6.07) is 0.212. The van der Waals surface area contributed by atoms with Crippen molar-refractivity contribution in [2.45, 2.75) is 6.04 Å². The summed E-state index contributed by atoms with van der Waals surface area (Å²) >= 11 is 8.15. The maximum absolute atomic E-state index is 5.91. The highest BCUT2D eigenvalue weighted by atomic mass is 127. The van der Waals surface area contributed by atoms with Gasteiger partial charge in [-0.3, -0.25) is 0 Å². The quantitative estimate of drug-likeness (QED) is 0.605. The highest BCUT2D eigenvalue weighted by Crippen LogP contribution is 2.22. The lowest BCUT2D eigenvalue weighted by Crippen LogP contribution is -2.47. The van der Waals surface area contributed by atoms with Crippen molar-refractivity contribution >= 4 is 40.0 Å². The molecule has 1 aliphatic rings. The first-order valence-electron chi connectivity index (χ1n) is 4.69. The number of nitrogens with zero attached hydrogens (tertiary/aromatic N) is 3. The highest BCUT2D eigenvalue weighted by molar-refractivity contribution is 14.1. The van der Waals surface area contributed by atoms with Gasteiger partial charge < -0.3 is 9.64 Å². The summed E-state index contributed by atoms with van der Waals surface area (Å²) in [5.74, 6) is 1.51. The molecule has 1 fully saturated rings. The van der Waals surface area contributed by atoms with Crippen LogP contribution in [0.25, 0.3) is 0 Å². The molecule has 1 saturated heterocycles. The molecule has 82 valence electrons. The fraction of sp³-hybridized carbons (Fsp3) is 0.556. The highest BCUT2D eigenvalue weighted by Gasteiger charge is 2.24. The van der Waals surface area contributed by atoms with Crippen LogP contribution in [0, 0.1) is 3.57 Å². The van der Waals surface area contributed by atoms with Gasteiger partial charge in [0, 0.05) is 18.6 Å². The molecule has 2 heterocycles. The van der Waals surface area contributed by atoms with Gasteiger partial charge in [-0.25, -0.2) is 9.97 Å². The van der Waals surface area contributed by atoms with Gasteiger partial charge in [0.2, 0.25) is 0 Å². The summed E-state index contributed by atoms with van der Waals surface area (Å²) in [6.45, 7) is 2.24. The Hall–Kier alpha value is -0.140. The normalized spacial score (nSPS) is 21.7. The third kappa shape index (κ3) is 2.51. The number of anilines is 1. The molecule has 0 spiro atoms. The van der Waals surface area contributed by atoms with E-state index >= 15 is 0 Å². The summed E-state index contributed by atoms with van der Waals surface area (Å²) in [7, 11) is 0. The first-order valence-corrected chi connectivity index (χ1v) is 6.30. The van der Waals surface area contributed by atoms with E-state index in [1.54, 1.807) is 6.33 Å². The third-order valence-corrected chi connectivity index (χ3v) is 3.44. The van der Waals surface area contributed by atoms with Crippen molar-refractivity contribution in [3.05, 3.63) is 16.1 Å². The molecule has 0 amide bonds. The van der Waals surface area contributed by atoms with E-state index < -0.39 is 0 Å². The van der Waals surface area contributed by atoms with E-state index in [1.165, 1.54) is 0 Å². The van der Waals surface area contributed by atoms with Crippen molar-refractivity contribution in [2.24, 2.45) is 0 Å². The molecule has 15 heavy (non-hydrogen) atoms. The second-order valence-corrected chi connectivity index (χ2v) is 4.74. The largest absolute Gasteiger partial charge is 0.377 e. The molecule has 0 aromatic carbocycles. The first kappa shape index (κ1) is 11.3. The van der Waals surface area contributed by atoms with Gasteiger partial charge >= 0.3 is 0 Å². The van der Waals surface area contributed by atoms with Crippen LogP contribution < -0.4 is 4.90 Å². The van der Waals surface area contributed by atoms with Gasteiger partial charge in [0.25, 0.3) is 0 Å². The number of alkyl halides is 1. The Morgan fingerprint density at radius 2 is 2.53 bits per heavy atom. The van der Waals surface area contributed by atoms with Crippen molar-refractivity contribution in [2.75, 3.05) is 30.5 Å². The minimum atomic E-state index is 0.212. The van der Waals surface area contributed by atoms with Crippen LogP contribution in [0.15, 0.2) is 12.5 Å². The molecule has 0 saturated carbocycles. The number of ether oxygens (including phenoxy) is 1. The van der Waals surface area contributed by atoms with E-state index in [0.717, 1.165) is 22.5 Å². The number of halogens is 2. The summed E-state index contributed by atoms with van der Waals surface area (Å²) < 4.78 is 6.44. The predicted octanol–water partition coefficient (Wildman–Crippen LogP) is 1.53. The molecule has 2 rings (SSSR count). The second-order valence-electron chi connectivity index (χ2n) is 3.27. The zero-order valence-electron chi connectivity index (χ0n) is 8.07. The predicted molar refractivity (Wildman–Crippen MR) is 67.4 cm³/mol. The Labute approximate surface area is 107 Å². The van der Waals surface area contributed by atoms with E-state index in [9.17, 15) is 0 Å². The molecule has 0 radical (unpaired) electrons. The van der Waals surface area contributed by atoms with Crippen molar-refractivity contribution in [1.82, 2.24) is 9.97 Å². The van der Waals surface area contributed by atoms with E-state index in [1.807, 2.05) is 6.20 Å². The van der Waals surface area contributed by atoms with Crippen LogP contribution in [0.2, 0.25) is 0 Å². The second kappa shape index (κ2) is 5.27. The van der Waals surface area contributed by atoms with Crippen molar-refractivity contribution in [3.8, 4) is 0 Å². The number of morpholine rings is 1. The molecule has 6 heteroatoms. The Morgan fingerprint density at radius 1 is 1.67 bits per heavy atom. The molecular formula is C9H11ClIN3O. The first-order chi connectivity index (χ1) is 7.33. The van der Waals surface area contributed by atoms with Gasteiger partial charge in [-0.1, -0.05) is 0 Å². The van der Waals surface area contributed by atoms with Crippen LogP contribution in [-0.2, 0) is 4.74 Å². The van der Waals surface area contributed by atoms with Gasteiger partial charge in [0.05, 0.1) is 22.8 Å². The number of aromatic nitrogens is 2. The molecule has 1 aromatic rings. The molecular weight excluding hydrogens is 328 g/mol. The van der Waals surface area contributed by atoms with E-state index in [2.05, 4.69) is 37.5 Å². The summed E-state index contributed by atoms with van der Waals surface area (Å²) in [6.07, 6.45) is 3.38. The van der Waals surface area contributed by atoms with Gasteiger partial charge in [0.15, 0.2) is 0 Å². The van der Waals surface area contributed by atoms with Crippen LogP contribution in [0.3, 0.4) is 0 Å². The molecule has 0 N–H and O–H groups in total. The zero-order chi connectivity index (χ0) is 10.7. The van der Waals surface area contributed by atoms with Gasteiger partial charge in [-0.15, -0.1) is 11.6 Å². The van der Waals surface area contributed by atoms with Gasteiger partial charge in [-0.05, 0) is 22.6 Å². The SMILES string of the molecule is ClCC1COCCN1c1ncncc1I. The van der Waals surface area contributed by atoms with Gasteiger partial charge in [-0.2, -0.15) is 0 Å². The number of hydrogen-bond acceptors (Lipinski definition) is 4. The molecule has 0 aliphatic carbocycles. The zero-order valence-corrected chi connectivity index (χ0v) is 11.0. The maximum Gasteiger partial charge on any atom is 0.145 e. The Kier molecular flexibility index (Phi) is 3.99. The lowest BCUT2D eigenvalue weighted by Gasteiger charge is -2.35. The molecule has 1 aromatic heterocycles. The fourth-order valence-electron chi connectivity index (χ4n) is 1.58. The lowest BCUT2D eigenvalue weighted by molar-refractivity contribution is 0.0993. The van der Waals surface area contributed by atoms with Gasteiger partial charge in [0.1, 0.15) is 12.1 Å². The Morgan fingerprint density at radius 3 is 3.27 bits per heavy atom. The van der Waals surface area contributed by atoms with Crippen LogP contribution in [0.5, 0.6) is 0 Å². The standard InChI is InChI=1S/C9H11ClIN3O/c10-3-7-5-15-2-1-14(7)9-8(11)4-12-6-13-9/h4,6-7H,1-3,5H2. The summed E-state index contributed by atoms with van der Waals surface area (Å²) in [5.41, 5.74) is 0. The Bertz CT molecular complexity index is 339. The maximum atomic E-state index is 5.91. The Balaban J connectivity index is 2.24. The van der Waals surface area contributed by atoms with Crippen LogP contribution in [0.4, 0.5) is 5.82 Å². The minimum absolute atomic E-state index is 0.212. The molecule has 0 bridgehead atoms. The number of rotatable bonds is 2. The van der Waals surface area contributed by atoms with Crippen LogP contribution in [-0.4, -0.2) is 41.6 Å². The minimum Gasteiger partial charge on any atom is -0.377 e.